The predicted octanol–water partition coefficient (Wildman–Crippen LogP) is 1.15. The van der Waals surface area contributed by atoms with Crippen LogP contribution in [0.25, 0.3) is 0 Å². The van der Waals surface area contributed by atoms with Gasteiger partial charge < -0.3 is 14.7 Å². The molecule has 0 aromatic heterocycles. The topological polar surface area (TPSA) is 110 Å². The van der Waals surface area contributed by atoms with Gasteiger partial charge in [-0.05, 0) is 6.07 Å². The number of carbonyl (C=O) groups is 2. The Morgan fingerprint density at radius 1 is 1.40 bits per heavy atom. The number of carboxylic acids is 1. The molecule has 0 bridgehead atoms. The third kappa shape index (κ3) is 3.67. The first kappa shape index (κ1) is 15.4. The van der Waals surface area contributed by atoms with Crippen molar-refractivity contribution in [2.45, 2.75) is 6.42 Å². The highest BCUT2D eigenvalue weighted by Gasteiger charge is 2.23. The summed E-state index contributed by atoms with van der Waals surface area (Å²) in [5, 5.41) is 19.9. The van der Waals surface area contributed by atoms with Crippen LogP contribution in [-0.4, -0.2) is 47.5 Å². The number of ether oxygens (including phenoxy) is 1. The highest BCUT2D eigenvalue weighted by Crippen LogP contribution is 2.31. The van der Waals surface area contributed by atoms with E-state index < -0.39 is 16.6 Å². The zero-order chi connectivity index (χ0) is 15.3. The zero-order valence-electron chi connectivity index (χ0n) is 11.0. The Bertz CT molecular complexity index is 508. The third-order valence-corrected chi connectivity index (χ3v) is 2.48. The Labute approximate surface area is 114 Å². The number of benzene rings is 1. The summed E-state index contributed by atoms with van der Waals surface area (Å²) in [5.41, 5.74) is -0.751. The summed E-state index contributed by atoms with van der Waals surface area (Å²) < 4.78 is 5.14. The van der Waals surface area contributed by atoms with E-state index in [1.54, 1.807) is 14.1 Å². The molecule has 8 heteroatoms. The fraction of sp³-hybridized carbons (Fsp3) is 0.333. The first-order chi connectivity index (χ1) is 9.34. The van der Waals surface area contributed by atoms with Gasteiger partial charge in [0.15, 0.2) is 0 Å². The molecule has 8 nitrogen and oxygen atoms in total. The summed E-state index contributed by atoms with van der Waals surface area (Å²) >= 11 is 0. The van der Waals surface area contributed by atoms with E-state index in [1.807, 2.05) is 0 Å². The molecule has 0 saturated heterocycles. The van der Waals surface area contributed by atoms with Crippen LogP contribution in [0.1, 0.15) is 16.8 Å². The number of rotatable bonds is 6. The molecule has 0 heterocycles. The van der Waals surface area contributed by atoms with Gasteiger partial charge in [0.05, 0.1) is 18.0 Å². The van der Waals surface area contributed by atoms with E-state index in [-0.39, 0.29) is 30.2 Å². The largest absolute Gasteiger partial charge is 0.486 e. The minimum atomic E-state index is -1.33. The quantitative estimate of drug-likeness (QED) is 0.619. The lowest BCUT2D eigenvalue weighted by molar-refractivity contribution is -0.385. The van der Waals surface area contributed by atoms with Gasteiger partial charge in [0.25, 0.3) is 0 Å². The van der Waals surface area contributed by atoms with Crippen molar-refractivity contribution < 1.29 is 24.4 Å². The van der Waals surface area contributed by atoms with Gasteiger partial charge in [-0.1, -0.05) is 6.07 Å². The second kappa shape index (κ2) is 6.50. The molecule has 0 aliphatic heterocycles. The first-order valence-corrected chi connectivity index (χ1v) is 5.68. The number of nitro benzene ring substituents is 1. The number of hydrogen-bond acceptors (Lipinski definition) is 5. The van der Waals surface area contributed by atoms with Gasteiger partial charge in [-0.25, -0.2) is 4.79 Å². The van der Waals surface area contributed by atoms with Crippen molar-refractivity contribution in [1.29, 1.82) is 0 Å². The number of nitro groups is 1. The minimum Gasteiger partial charge on any atom is -0.486 e. The van der Waals surface area contributed by atoms with Crippen molar-refractivity contribution in [1.82, 2.24) is 4.90 Å². The number of aromatic carboxylic acids is 1. The van der Waals surface area contributed by atoms with Crippen LogP contribution in [0.5, 0.6) is 5.75 Å². The van der Waals surface area contributed by atoms with Crippen molar-refractivity contribution >= 4 is 17.6 Å². The van der Waals surface area contributed by atoms with Gasteiger partial charge >= 0.3 is 11.7 Å². The van der Waals surface area contributed by atoms with Gasteiger partial charge in [0.1, 0.15) is 5.56 Å². The molecular weight excluding hydrogens is 268 g/mol. The van der Waals surface area contributed by atoms with Crippen LogP contribution in [0.4, 0.5) is 5.69 Å². The highest BCUT2D eigenvalue weighted by atomic mass is 16.6. The Morgan fingerprint density at radius 2 is 2.05 bits per heavy atom. The van der Waals surface area contributed by atoms with Crippen LogP contribution in [-0.2, 0) is 4.79 Å². The van der Waals surface area contributed by atoms with E-state index in [9.17, 15) is 19.7 Å². The number of nitrogens with zero attached hydrogens (tertiary/aromatic N) is 2. The molecule has 0 unspecified atom stereocenters. The third-order valence-electron chi connectivity index (χ3n) is 2.48. The number of hydrogen-bond donors (Lipinski definition) is 1. The van der Waals surface area contributed by atoms with E-state index in [4.69, 9.17) is 9.84 Å². The van der Waals surface area contributed by atoms with Gasteiger partial charge in [0, 0.05) is 20.2 Å². The molecule has 0 atom stereocenters. The SMILES string of the molecule is CN(C)C(=O)CCOc1c(C(=O)O)cccc1[N+](=O)[O-]. The Hall–Kier alpha value is -2.64. The van der Waals surface area contributed by atoms with E-state index in [0.29, 0.717) is 0 Å². The first-order valence-electron chi connectivity index (χ1n) is 5.68. The van der Waals surface area contributed by atoms with Gasteiger partial charge in [-0.15, -0.1) is 0 Å². The van der Waals surface area contributed by atoms with Crippen molar-refractivity contribution in [2.75, 3.05) is 20.7 Å². The van der Waals surface area contributed by atoms with Gasteiger partial charge in [-0.3, -0.25) is 14.9 Å². The molecule has 20 heavy (non-hydrogen) atoms. The van der Waals surface area contributed by atoms with Crippen molar-refractivity contribution in [3.8, 4) is 5.75 Å². The van der Waals surface area contributed by atoms with Gasteiger partial charge in [-0.2, -0.15) is 0 Å². The molecular formula is C12H14N2O6. The van der Waals surface area contributed by atoms with Crippen LogP contribution in [0, 0.1) is 10.1 Å². The van der Waals surface area contributed by atoms with E-state index in [2.05, 4.69) is 0 Å². The van der Waals surface area contributed by atoms with Crippen LogP contribution < -0.4 is 4.74 Å². The summed E-state index contributed by atoms with van der Waals surface area (Å²) in [5.74, 6) is -1.89. The summed E-state index contributed by atoms with van der Waals surface area (Å²) in [6, 6.07) is 3.62. The molecule has 1 N–H and O–H groups in total. The lowest BCUT2D eigenvalue weighted by Gasteiger charge is -2.12. The lowest BCUT2D eigenvalue weighted by Crippen LogP contribution is -2.23. The van der Waals surface area contributed by atoms with E-state index in [0.717, 1.165) is 6.07 Å². The van der Waals surface area contributed by atoms with Gasteiger partial charge in [0.2, 0.25) is 11.7 Å². The molecule has 0 fully saturated rings. The number of carboxylic acid groups (broad SMARTS) is 1. The molecule has 0 saturated carbocycles. The Morgan fingerprint density at radius 3 is 2.55 bits per heavy atom. The minimum absolute atomic E-state index is 0.00188. The smallest absolute Gasteiger partial charge is 0.339 e. The second-order valence-corrected chi connectivity index (χ2v) is 4.10. The second-order valence-electron chi connectivity index (χ2n) is 4.10. The number of amides is 1. The van der Waals surface area contributed by atoms with Crippen LogP contribution in [0.2, 0.25) is 0 Å². The number of para-hydroxylation sites is 1. The predicted molar refractivity (Wildman–Crippen MR) is 68.9 cm³/mol. The Balaban J connectivity index is 2.94. The van der Waals surface area contributed by atoms with Crippen molar-refractivity contribution in [2.24, 2.45) is 0 Å². The van der Waals surface area contributed by atoms with Crippen LogP contribution in [0.3, 0.4) is 0 Å². The fourth-order valence-electron chi connectivity index (χ4n) is 1.45. The summed E-state index contributed by atoms with van der Waals surface area (Å²) in [7, 11) is 3.13. The molecule has 108 valence electrons. The van der Waals surface area contributed by atoms with E-state index >= 15 is 0 Å². The van der Waals surface area contributed by atoms with Crippen LogP contribution >= 0.6 is 0 Å². The number of carbonyl (C=O) groups excluding carboxylic acids is 1. The monoisotopic (exact) mass is 282 g/mol. The molecule has 1 aromatic rings. The molecule has 1 aromatic carbocycles. The maximum Gasteiger partial charge on any atom is 0.339 e. The standard InChI is InChI=1S/C12H14N2O6/c1-13(2)10(15)6-7-20-11-8(12(16)17)4-3-5-9(11)14(18)19/h3-5H,6-7H2,1-2H3,(H,16,17). The summed E-state index contributed by atoms with van der Waals surface area (Å²) in [6.07, 6.45) is -0.00188. The molecule has 1 rings (SSSR count). The maximum absolute atomic E-state index is 11.4. The van der Waals surface area contributed by atoms with Crippen molar-refractivity contribution in [3.63, 3.8) is 0 Å². The summed E-state index contributed by atoms with van der Waals surface area (Å²) in [4.78, 5) is 33.9. The highest BCUT2D eigenvalue weighted by molar-refractivity contribution is 5.92. The normalized spacial score (nSPS) is 9.90. The average molecular weight is 282 g/mol. The van der Waals surface area contributed by atoms with Crippen molar-refractivity contribution in [3.05, 3.63) is 33.9 Å². The van der Waals surface area contributed by atoms with Crippen LogP contribution in [0.15, 0.2) is 18.2 Å². The maximum atomic E-state index is 11.4. The molecule has 1 amide bonds. The molecule has 0 aliphatic carbocycles. The average Bonchev–Trinajstić information content (AvgIpc) is 2.37. The summed E-state index contributed by atoms with van der Waals surface area (Å²) in [6.45, 7) is -0.137. The Kier molecular flexibility index (Phi) is 5.01. The zero-order valence-corrected chi connectivity index (χ0v) is 11.0. The fourth-order valence-corrected chi connectivity index (χ4v) is 1.45. The lowest BCUT2D eigenvalue weighted by atomic mass is 10.1. The molecule has 0 radical (unpaired) electrons. The molecule has 0 aliphatic rings. The molecule has 0 spiro atoms. The van der Waals surface area contributed by atoms with E-state index in [1.165, 1.54) is 17.0 Å².